The average molecular weight is 324 g/mol. The topological polar surface area (TPSA) is 12.0 Å². The van der Waals surface area contributed by atoms with Crippen molar-refractivity contribution in [3.8, 4) is 0 Å². The van der Waals surface area contributed by atoms with Gasteiger partial charge in [0.2, 0.25) is 0 Å². The van der Waals surface area contributed by atoms with Crippen LogP contribution in [0.1, 0.15) is 35.4 Å². The predicted molar refractivity (Wildman–Crippen MR) is 83.3 cm³/mol. The van der Waals surface area contributed by atoms with Crippen LogP contribution in [-0.2, 0) is 0 Å². The van der Waals surface area contributed by atoms with E-state index in [1.807, 2.05) is 11.3 Å². The van der Waals surface area contributed by atoms with Crippen LogP contribution < -0.4 is 5.32 Å². The quantitative estimate of drug-likeness (QED) is 0.824. The molecule has 2 rings (SSSR count). The van der Waals surface area contributed by atoms with Crippen molar-refractivity contribution in [2.24, 2.45) is 0 Å². The Kier molecular flexibility index (Phi) is 4.98. The zero-order valence-corrected chi connectivity index (χ0v) is 13.1. The monoisotopic (exact) mass is 323 g/mol. The zero-order chi connectivity index (χ0) is 13.0. The standard InChI is InChI=1S/C15H18BrNS/c1-3-7-17-15(13-8-11(2)18-10-13)12-5-4-6-14(16)9-12/h4-6,8-10,15,17H,3,7H2,1-2H3. The maximum Gasteiger partial charge on any atom is 0.0585 e. The molecule has 1 aromatic carbocycles. The Bertz CT molecular complexity index is 507. The molecule has 1 aromatic heterocycles. The molecule has 1 atom stereocenters. The first-order chi connectivity index (χ1) is 8.70. The van der Waals surface area contributed by atoms with Crippen molar-refractivity contribution < 1.29 is 0 Å². The van der Waals surface area contributed by atoms with E-state index in [0.717, 1.165) is 17.4 Å². The second-order valence-corrected chi connectivity index (χ2v) is 6.46. The van der Waals surface area contributed by atoms with Crippen molar-refractivity contribution >= 4 is 27.3 Å². The lowest BCUT2D eigenvalue weighted by Gasteiger charge is -2.18. The number of thiophene rings is 1. The van der Waals surface area contributed by atoms with E-state index < -0.39 is 0 Å². The Morgan fingerprint density at radius 1 is 1.28 bits per heavy atom. The third-order valence-corrected chi connectivity index (χ3v) is 4.24. The zero-order valence-electron chi connectivity index (χ0n) is 10.7. The number of benzene rings is 1. The molecular formula is C15H18BrNS. The minimum Gasteiger partial charge on any atom is -0.306 e. The largest absolute Gasteiger partial charge is 0.306 e. The minimum atomic E-state index is 0.299. The van der Waals surface area contributed by atoms with Gasteiger partial charge in [-0.15, -0.1) is 11.3 Å². The molecule has 0 saturated carbocycles. The number of halogens is 1. The van der Waals surface area contributed by atoms with Crippen LogP contribution in [0.15, 0.2) is 40.2 Å². The van der Waals surface area contributed by atoms with Gasteiger partial charge in [0.1, 0.15) is 0 Å². The molecule has 0 aliphatic heterocycles. The van der Waals surface area contributed by atoms with Crippen LogP contribution in [0.5, 0.6) is 0 Å². The molecule has 0 aliphatic rings. The van der Waals surface area contributed by atoms with E-state index in [4.69, 9.17) is 0 Å². The van der Waals surface area contributed by atoms with Gasteiger partial charge in [0, 0.05) is 9.35 Å². The molecule has 0 amide bonds. The summed E-state index contributed by atoms with van der Waals surface area (Å²) in [5.74, 6) is 0. The average Bonchev–Trinajstić information content (AvgIpc) is 2.76. The highest BCUT2D eigenvalue weighted by atomic mass is 79.9. The van der Waals surface area contributed by atoms with Gasteiger partial charge in [-0.25, -0.2) is 0 Å². The SMILES string of the molecule is CCCNC(c1cccc(Br)c1)c1csc(C)c1. The number of nitrogens with one attached hydrogen (secondary N) is 1. The van der Waals surface area contributed by atoms with E-state index in [2.05, 4.69) is 70.8 Å². The summed E-state index contributed by atoms with van der Waals surface area (Å²) in [4.78, 5) is 1.36. The Morgan fingerprint density at radius 3 is 2.72 bits per heavy atom. The summed E-state index contributed by atoms with van der Waals surface area (Å²) < 4.78 is 1.13. The fourth-order valence-corrected chi connectivity index (χ4v) is 3.17. The molecule has 0 spiro atoms. The molecule has 0 radical (unpaired) electrons. The number of hydrogen-bond donors (Lipinski definition) is 1. The summed E-state index contributed by atoms with van der Waals surface area (Å²) in [6.07, 6.45) is 1.15. The highest BCUT2D eigenvalue weighted by molar-refractivity contribution is 9.10. The predicted octanol–water partition coefficient (Wildman–Crippen LogP) is 4.91. The third-order valence-electron chi connectivity index (χ3n) is 2.86. The van der Waals surface area contributed by atoms with Gasteiger partial charge in [0.25, 0.3) is 0 Å². The lowest BCUT2D eigenvalue weighted by Crippen LogP contribution is -2.22. The summed E-state index contributed by atoms with van der Waals surface area (Å²) in [6.45, 7) is 5.39. The van der Waals surface area contributed by atoms with E-state index in [9.17, 15) is 0 Å². The lowest BCUT2D eigenvalue weighted by molar-refractivity contribution is 0.599. The van der Waals surface area contributed by atoms with Crippen LogP contribution in [0.2, 0.25) is 0 Å². The van der Waals surface area contributed by atoms with E-state index in [1.54, 1.807) is 0 Å². The summed E-state index contributed by atoms with van der Waals surface area (Å²) >= 11 is 5.36. The summed E-state index contributed by atoms with van der Waals surface area (Å²) in [5.41, 5.74) is 2.68. The van der Waals surface area contributed by atoms with Crippen molar-refractivity contribution in [2.45, 2.75) is 26.3 Å². The third kappa shape index (κ3) is 3.44. The second-order valence-electron chi connectivity index (χ2n) is 4.43. The van der Waals surface area contributed by atoms with Gasteiger partial charge in [-0.2, -0.15) is 0 Å². The number of aryl methyl sites for hydroxylation is 1. The van der Waals surface area contributed by atoms with Gasteiger partial charge in [-0.1, -0.05) is 35.0 Å². The van der Waals surface area contributed by atoms with E-state index in [-0.39, 0.29) is 0 Å². The van der Waals surface area contributed by atoms with Gasteiger partial charge < -0.3 is 5.32 Å². The molecule has 0 aliphatic carbocycles. The molecular weight excluding hydrogens is 306 g/mol. The van der Waals surface area contributed by atoms with Gasteiger partial charge in [-0.05, 0) is 54.6 Å². The maximum absolute atomic E-state index is 3.63. The minimum absolute atomic E-state index is 0.299. The van der Waals surface area contributed by atoms with Crippen molar-refractivity contribution in [3.05, 3.63) is 56.2 Å². The first-order valence-electron chi connectivity index (χ1n) is 6.24. The number of rotatable bonds is 5. The van der Waals surface area contributed by atoms with Crippen molar-refractivity contribution in [2.75, 3.05) is 6.54 Å². The van der Waals surface area contributed by atoms with Crippen LogP contribution >= 0.6 is 27.3 Å². The van der Waals surface area contributed by atoms with Gasteiger partial charge in [-0.3, -0.25) is 0 Å². The Labute approximate surface area is 121 Å². The smallest absolute Gasteiger partial charge is 0.0585 e. The molecule has 2 aromatic rings. The summed E-state index contributed by atoms with van der Waals surface area (Å²) in [6, 6.07) is 11.1. The van der Waals surface area contributed by atoms with Crippen LogP contribution in [-0.4, -0.2) is 6.54 Å². The molecule has 1 unspecified atom stereocenters. The fourth-order valence-electron chi connectivity index (χ4n) is 2.02. The first-order valence-corrected chi connectivity index (χ1v) is 7.92. The maximum atomic E-state index is 3.63. The lowest BCUT2D eigenvalue weighted by atomic mass is 10.0. The highest BCUT2D eigenvalue weighted by Crippen LogP contribution is 2.27. The van der Waals surface area contributed by atoms with E-state index in [0.29, 0.717) is 6.04 Å². The molecule has 18 heavy (non-hydrogen) atoms. The molecule has 0 saturated heterocycles. The van der Waals surface area contributed by atoms with E-state index in [1.165, 1.54) is 16.0 Å². The van der Waals surface area contributed by atoms with Crippen molar-refractivity contribution in [3.63, 3.8) is 0 Å². The van der Waals surface area contributed by atoms with Crippen molar-refractivity contribution in [1.82, 2.24) is 5.32 Å². The second kappa shape index (κ2) is 6.50. The molecule has 3 heteroatoms. The highest BCUT2D eigenvalue weighted by Gasteiger charge is 2.14. The number of hydrogen-bond acceptors (Lipinski definition) is 2. The van der Waals surface area contributed by atoms with Gasteiger partial charge in [0.05, 0.1) is 6.04 Å². The normalized spacial score (nSPS) is 12.6. The van der Waals surface area contributed by atoms with Crippen LogP contribution in [0.25, 0.3) is 0 Å². The molecule has 1 nitrogen and oxygen atoms in total. The fraction of sp³-hybridized carbons (Fsp3) is 0.333. The van der Waals surface area contributed by atoms with Gasteiger partial charge in [0.15, 0.2) is 0 Å². The Morgan fingerprint density at radius 2 is 2.11 bits per heavy atom. The van der Waals surface area contributed by atoms with E-state index >= 15 is 0 Å². The summed E-state index contributed by atoms with van der Waals surface area (Å²) in [7, 11) is 0. The van der Waals surface area contributed by atoms with Crippen LogP contribution in [0.4, 0.5) is 0 Å². The molecule has 1 heterocycles. The van der Waals surface area contributed by atoms with Gasteiger partial charge >= 0.3 is 0 Å². The first kappa shape index (κ1) is 13.8. The molecule has 0 fully saturated rings. The molecule has 1 N–H and O–H groups in total. The van der Waals surface area contributed by atoms with Crippen LogP contribution in [0, 0.1) is 6.92 Å². The van der Waals surface area contributed by atoms with Crippen molar-refractivity contribution in [1.29, 1.82) is 0 Å². The molecule has 96 valence electrons. The molecule has 0 bridgehead atoms. The summed E-state index contributed by atoms with van der Waals surface area (Å²) in [5, 5.41) is 5.88. The Hall–Kier alpha value is -0.640. The van der Waals surface area contributed by atoms with Crippen LogP contribution in [0.3, 0.4) is 0 Å². The Balaban J connectivity index is 2.30.